The van der Waals surface area contributed by atoms with Gasteiger partial charge in [-0.1, -0.05) is 37.1 Å². The molecular weight excluding hydrogens is 322 g/mol. The molecule has 0 bridgehead atoms. The Kier molecular flexibility index (Phi) is 3.55. The lowest BCUT2D eigenvalue weighted by Crippen LogP contribution is -2.54. The third kappa shape index (κ3) is 2.32. The van der Waals surface area contributed by atoms with Crippen LogP contribution in [0.25, 0.3) is 10.9 Å². The van der Waals surface area contributed by atoms with Crippen LogP contribution in [-0.4, -0.2) is 37.4 Å². The molecule has 2 aliphatic rings. The molecule has 25 heavy (non-hydrogen) atoms. The number of carbonyl (C=O) groups excluding carboxylic acids is 2. The number of fused-ring (bicyclic) bond motifs is 1. The number of aromatic nitrogens is 3. The SMILES string of the molecule is C[C@H]1CCCC[C@]12NC(=O)N(Cn1nnc3ccccc3c1=O)C2=O. The predicted octanol–water partition coefficient (Wildman–Crippen LogP) is 1.25. The summed E-state index contributed by atoms with van der Waals surface area (Å²) in [5.74, 6) is -0.200. The molecule has 1 aromatic heterocycles. The second kappa shape index (κ2) is 5.65. The molecule has 3 amide bonds. The topological polar surface area (TPSA) is 97.2 Å². The quantitative estimate of drug-likeness (QED) is 0.829. The summed E-state index contributed by atoms with van der Waals surface area (Å²) in [6, 6.07) is 6.38. The molecule has 2 heterocycles. The van der Waals surface area contributed by atoms with Crippen molar-refractivity contribution in [1.82, 2.24) is 25.2 Å². The molecule has 1 aliphatic carbocycles. The van der Waals surface area contributed by atoms with Gasteiger partial charge in [-0.15, -0.1) is 5.10 Å². The van der Waals surface area contributed by atoms with Crippen LogP contribution in [0.2, 0.25) is 0 Å². The number of carbonyl (C=O) groups is 2. The summed E-state index contributed by atoms with van der Waals surface area (Å²) in [6.45, 7) is 1.76. The summed E-state index contributed by atoms with van der Waals surface area (Å²) < 4.78 is 1.06. The summed E-state index contributed by atoms with van der Waals surface area (Å²) in [5, 5.41) is 11.1. The van der Waals surface area contributed by atoms with Gasteiger partial charge in [0.2, 0.25) is 0 Å². The smallest absolute Gasteiger partial charge is 0.323 e. The maximum atomic E-state index is 13.0. The summed E-state index contributed by atoms with van der Waals surface area (Å²) in [5.41, 5.74) is -0.731. The summed E-state index contributed by atoms with van der Waals surface area (Å²) >= 11 is 0. The van der Waals surface area contributed by atoms with Crippen molar-refractivity contribution in [3.63, 3.8) is 0 Å². The van der Waals surface area contributed by atoms with Crippen LogP contribution in [0.5, 0.6) is 0 Å². The van der Waals surface area contributed by atoms with Crippen molar-refractivity contribution in [2.45, 2.75) is 44.8 Å². The first kappa shape index (κ1) is 15.7. The Labute approximate surface area is 143 Å². The van der Waals surface area contributed by atoms with Crippen molar-refractivity contribution in [3.8, 4) is 0 Å². The highest BCUT2D eigenvalue weighted by atomic mass is 16.2. The molecule has 130 valence electrons. The Morgan fingerprint density at radius 2 is 2.04 bits per heavy atom. The third-order valence-electron chi connectivity index (χ3n) is 5.41. The fourth-order valence-electron chi connectivity index (χ4n) is 3.87. The number of benzene rings is 1. The first-order valence-corrected chi connectivity index (χ1v) is 8.49. The van der Waals surface area contributed by atoms with Crippen LogP contribution < -0.4 is 10.9 Å². The van der Waals surface area contributed by atoms with Crippen LogP contribution in [0.1, 0.15) is 32.6 Å². The lowest BCUT2D eigenvalue weighted by molar-refractivity contribution is -0.135. The third-order valence-corrected chi connectivity index (χ3v) is 5.41. The summed E-state index contributed by atoms with van der Waals surface area (Å²) in [7, 11) is 0. The number of imide groups is 1. The van der Waals surface area contributed by atoms with Gasteiger partial charge in [-0.25, -0.2) is 9.69 Å². The Balaban J connectivity index is 1.67. The molecule has 1 saturated heterocycles. The van der Waals surface area contributed by atoms with E-state index < -0.39 is 11.6 Å². The van der Waals surface area contributed by atoms with E-state index in [1.54, 1.807) is 24.3 Å². The minimum absolute atomic E-state index is 0.0714. The number of hydrogen-bond donors (Lipinski definition) is 1. The molecule has 2 aromatic rings. The Morgan fingerprint density at radius 3 is 2.84 bits per heavy atom. The van der Waals surface area contributed by atoms with Crippen LogP contribution in [0.3, 0.4) is 0 Å². The first-order chi connectivity index (χ1) is 12.0. The lowest BCUT2D eigenvalue weighted by Gasteiger charge is -2.36. The average molecular weight is 341 g/mol. The second-order valence-corrected chi connectivity index (χ2v) is 6.83. The second-order valence-electron chi connectivity index (χ2n) is 6.83. The number of amides is 3. The van der Waals surface area contributed by atoms with Gasteiger partial charge in [-0.05, 0) is 30.9 Å². The van der Waals surface area contributed by atoms with Crippen molar-refractivity contribution in [3.05, 3.63) is 34.6 Å². The molecule has 8 heteroatoms. The van der Waals surface area contributed by atoms with E-state index in [-0.39, 0.29) is 24.1 Å². The summed E-state index contributed by atoms with van der Waals surface area (Å²) in [6.07, 6.45) is 3.49. The molecule has 4 rings (SSSR count). The largest absolute Gasteiger partial charge is 0.326 e. The Hall–Kier alpha value is -2.77. The highest BCUT2D eigenvalue weighted by Gasteiger charge is 2.55. The monoisotopic (exact) mass is 341 g/mol. The normalized spacial score (nSPS) is 26.4. The molecule has 1 saturated carbocycles. The van der Waals surface area contributed by atoms with Crippen molar-refractivity contribution < 1.29 is 9.59 Å². The molecular formula is C17H19N5O3. The van der Waals surface area contributed by atoms with Gasteiger partial charge in [-0.3, -0.25) is 9.59 Å². The lowest BCUT2D eigenvalue weighted by atomic mass is 9.73. The molecule has 1 N–H and O–H groups in total. The maximum Gasteiger partial charge on any atom is 0.326 e. The van der Waals surface area contributed by atoms with E-state index in [9.17, 15) is 14.4 Å². The van der Waals surface area contributed by atoms with Gasteiger partial charge in [0, 0.05) is 0 Å². The van der Waals surface area contributed by atoms with Gasteiger partial charge in [0.15, 0.2) is 0 Å². The van der Waals surface area contributed by atoms with E-state index in [0.29, 0.717) is 17.3 Å². The number of hydrogen-bond acceptors (Lipinski definition) is 5. The van der Waals surface area contributed by atoms with Crippen molar-refractivity contribution in [1.29, 1.82) is 0 Å². The predicted molar refractivity (Wildman–Crippen MR) is 89.5 cm³/mol. The van der Waals surface area contributed by atoms with Crippen molar-refractivity contribution in [2.75, 3.05) is 0 Å². The number of nitrogens with one attached hydrogen (secondary N) is 1. The Bertz CT molecular complexity index is 924. The van der Waals surface area contributed by atoms with Crippen LogP contribution >= 0.6 is 0 Å². The van der Waals surface area contributed by atoms with Gasteiger partial charge in [0.25, 0.3) is 11.5 Å². The highest BCUT2D eigenvalue weighted by molar-refractivity contribution is 6.07. The van der Waals surface area contributed by atoms with Crippen LogP contribution in [0.4, 0.5) is 4.79 Å². The molecule has 2 atom stereocenters. The first-order valence-electron chi connectivity index (χ1n) is 8.49. The minimum atomic E-state index is -0.844. The fourth-order valence-corrected chi connectivity index (χ4v) is 3.87. The number of rotatable bonds is 2. The van der Waals surface area contributed by atoms with Crippen molar-refractivity contribution in [2.24, 2.45) is 5.92 Å². The number of nitrogens with zero attached hydrogens (tertiary/aromatic N) is 4. The molecule has 1 aromatic carbocycles. The number of urea groups is 1. The molecule has 1 spiro atoms. The van der Waals surface area contributed by atoms with Crippen LogP contribution in [0.15, 0.2) is 29.1 Å². The van der Waals surface area contributed by atoms with E-state index in [1.165, 1.54) is 0 Å². The maximum absolute atomic E-state index is 13.0. The summed E-state index contributed by atoms with van der Waals surface area (Å²) in [4.78, 5) is 39.0. The minimum Gasteiger partial charge on any atom is -0.323 e. The zero-order chi connectivity index (χ0) is 17.6. The average Bonchev–Trinajstić information content (AvgIpc) is 2.85. The van der Waals surface area contributed by atoms with Gasteiger partial charge >= 0.3 is 6.03 Å². The Morgan fingerprint density at radius 1 is 1.24 bits per heavy atom. The van der Waals surface area contributed by atoms with E-state index in [0.717, 1.165) is 28.8 Å². The van der Waals surface area contributed by atoms with Gasteiger partial charge in [-0.2, -0.15) is 4.68 Å². The van der Waals surface area contributed by atoms with E-state index in [4.69, 9.17) is 0 Å². The van der Waals surface area contributed by atoms with Gasteiger partial charge < -0.3 is 5.32 Å². The molecule has 2 fully saturated rings. The van der Waals surface area contributed by atoms with Crippen LogP contribution in [-0.2, 0) is 11.5 Å². The molecule has 1 aliphatic heterocycles. The van der Waals surface area contributed by atoms with E-state index in [1.807, 2.05) is 6.92 Å². The highest BCUT2D eigenvalue weighted by Crippen LogP contribution is 2.38. The fraction of sp³-hybridized carbons (Fsp3) is 0.471. The molecule has 8 nitrogen and oxygen atoms in total. The van der Waals surface area contributed by atoms with Crippen molar-refractivity contribution >= 4 is 22.8 Å². The molecule has 0 unspecified atom stereocenters. The molecule has 0 radical (unpaired) electrons. The van der Waals surface area contributed by atoms with Gasteiger partial charge in [0.1, 0.15) is 17.7 Å². The standard InChI is InChI=1S/C17H19N5O3/c1-11-6-4-5-9-17(11)15(24)21(16(25)18-17)10-22-14(23)12-7-2-3-8-13(12)19-20-22/h2-3,7-8,11H,4-6,9-10H2,1H3,(H,18,25)/t11-,17-/m0/s1. The van der Waals surface area contributed by atoms with E-state index >= 15 is 0 Å². The van der Waals surface area contributed by atoms with Gasteiger partial charge in [0.05, 0.1) is 5.39 Å². The van der Waals surface area contributed by atoms with E-state index in [2.05, 4.69) is 15.6 Å². The zero-order valence-corrected chi connectivity index (χ0v) is 13.9. The van der Waals surface area contributed by atoms with Crippen LogP contribution in [0, 0.1) is 5.92 Å². The zero-order valence-electron chi connectivity index (χ0n) is 13.9.